The van der Waals surface area contributed by atoms with Crippen molar-refractivity contribution in [1.29, 1.82) is 5.26 Å². The zero-order valence-corrected chi connectivity index (χ0v) is 15.6. The Kier molecular flexibility index (Phi) is 3.65. The predicted molar refractivity (Wildman–Crippen MR) is 101 cm³/mol. The number of rotatable bonds is 3. The van der Waals surface area contributed by atoms with Crippen molar-refractivity contribution in [3.05, 3.63) is 47.5 Å². The van der Waals surface area contributed by atoms with Crippen LogP contribution in [0.15, 0.2) is 30.3 Å². The van der Waals surface area contributed by atoms with Gasteiger partial charge in [-0.1, -0.05) is 18.2 Å². The first-order chi connectivity index (χ1) is 13.1. The Morgan fingerprint density at radius 3 is 2.30 bits per heavy atom. The summed E-state index contributed by atoms with van der Waals surface area (Å²) in [7, 11) is 0. The minimum absolute atomic E-state index is 0.0804. The van der Waals surface area contributed by atoms with Gasteiger partial charge in [-0.25, -0.2) is 4.98 Å². The first-order valence-electron chi connectivity index (χ1n) is 9.94. The molecule has 4 aliphatic rings. The van der Waals surface area contributed by atoms with Gasteiger partial charge in [-0.2, -0.15) is 5.26 Å². The molecule has 0 atom stereocenters. The van der Waals surface area contributed by atoms with Crippen molar-refractivity contribution in [1.82, 2.24) is 14.9 Å². The van der Waals surface area contributed by atoms with E-state index in [0.29, 0.717) is 11.5 Å². The summed E-state index contributed by atoms with van der Waals surface area (Å²) in [6.45, 7) is 1.84. The van der Waals surface area contributed by atoms with E-state index >= 15 is 0 Å². The average molecular weight is 360 g/mol. The van der Waals surface area contributed by atoms with Gasteiger partial charge in [0, 0.05) is 11.2 Å². The highest BCUT2D eigenvalue weighted by molar-refractivity contribution is 5.95. The van der Waals surface area contributed by atoms with Gasteiger partial charge in [-0.3, -0.25) is 9.36 Å². The third-order valence-electron chi connectivity index (χ3n) is 6.80. The van der Waals surface area contributed by atoms with Gasteiger partial charge < -0.3 is 5.32 Å². The molecule has 1 N–H and O–H groups in total. The molecular formula is C22H24N4O. The Hall–Kier alpha value is -2.61. The molecule has 2 aromatic rings. The third-order valence-corrected chi connectivity index (χ3v) is 6.80. The Morgan fingerprint density at radius 2 is 1.74 bits per heavy atom. The minimum atomic E-state index is -0.189. The zero-order valence-electron chi connectivity index (χ0n) is 15.6. The number of nitriles is 1. The Labute approximate surface area is 159 Å². The maximum atomic E-state index is 13.2. The van der Waals surface area contributed by atoms with Gasteiger partial charge in [0.1, 0.15) is 11.9 Å². The Balaban J connectivity index is 1.47. The average Bonchev–Trinajstić information content (AvgIpc) is 2.97. The monoisotopic (exact) mass is 360 g/mol. The second-order valence-electron chi connectivity index (χ2n) is 8.79. The van der Waals surface area contributed by atoms with E-state index in [4.69, 9.17) is 0 Å². The number of hydrogen-bond acceptors (Lipinski definition) is 3. The second kappa shape index (κ2) is 5.95. The van der Waals surface area contributed by atoms with Crippen molar-refractivity contribution in [3.8, 4) is 11.8 Å². The lowest BCUT2D eigenvalue weighted by Crippen LogP contribution is -2.59. The highest BCUT2D eigenvalue weighted by Gasteiger charge is 2.51. The van der Waals surface area contributed by atoms with Crippen LogP contribution in [-0.4, -0.2) is 21.0 Å². The lowest BCUT2D eigenvalue weighted by atomic mass is 9.53. The number of imidazole rings is 1. The van der Waals surface area contributed by atoms with Crippen LogP contribution in [0.3, 0.4) is 0 Å². The van der Waals surface area contributed by atoms with Crippen LogP contribution < -0.4 is 5.32 Å². The predicted octanol–water partition coefficient (Wildman–Crippen LogP) is 3.75. The fourth-order valence-corrected chi connectivity index (χ4v) is 6.25. The maximum Gasteiger partial charge on any atom is 0.273 e. The number of aromatic nitrogens is 2. The van der Waals surface area contributed by atoms with E-state index in [0.717, 1.165) is 42.7 Å². The fraction of sp³-hybridized carbons (Fsp3) is 0.500. The number of benzene rings is 1. The number of hydrogen-bond donors (Lipinski definition) is 1. The van der Waals surface area contributed by atoms with E-state index in [1.165, 1.54) is 19.3 Å². The topological polar surface area (TPSA) is 70.7 Å². The molecule has 0 saturated heterocycles. The smallest absolute Gasteiger partial charge is 0.273 e. The number of carbonyl (C=O) groups excluding carboxylic acids is 1. The van der Waals surface area contributed by atoms with Crippen LogP contribution in [-0.2, 0) is 0 Å². The van der Waals surface area contributed by atoms with Crippen LogP contribution in [0.2, 0.25) is 0 Å². The van der Waals surface area contributed by atoms with Gasteiger partial charge in [0.25, 0.3) is 5.91 Å². The molecule has 1 heterocycles. The molecule has 4 fully saturated rings. The number of aryl methyl sites for hydroxylation is 1. The van der Waals surface area contributed by atoms with E-state index in [2.05, 4.69) is 16.4 Å². The van der Waals surface area contributed by atoms with E-state index in [9.17, 15) is 10.1 Å². The largest absolute Gasteiger partial charge is 0.345 e. The molecule has 4 aliphatic carbocycles. The standard InChI is InChI=1S/C22H24N4O/c1-14-24-20(19(13-23)26(14)18-5-3-2-4-6-18)21(27)25-22-10-15-7-16(11-22)9-17(8-15)12-22/h2-6,15-17H,7-12H2,1H3,(H,25,27). The number of nitrogens with one attached hydrogen (secondary N) is 1. The first-order valence-corrected chi connectivity index (χ1v) is 9.94. The van der Waals surface area contributed by atoms with Crippen LogP contribution in [0.25, 0.3) is 5.69 Å². The molecule has 0 unspecified atom stereocenters. The summed E-state index contributed by atoms with van der Waals surface area (Å²) in [4.78, 5) is 17.7. The minimum Gasteiger partial charge on any atom is -0.345 e. The molecule has 1 aromatic heterocycles. The maximum absolute atomic E-state index is 13.2. The molecule has 5 heteroatoms. The second-order valence-corrected chi connectivity index (χ2v) is 8.79. The number of carbonyl (C=O) groups is 1. The van der Waals surface area contributed by atoms with Crippen molar-refractivity contribution < 1.29 is 4.79 Å². The van der Waals surface area contributed by atoms with E-state index < -0.39 is 0 Å². The van der Waals surface area contributed by atoms with Crippen LogP contribution in [0.5, 0.6) is 0 Å². The number of amides is 1. The van der Waals surface area contributed by atoms with Gasteiger partial charge in [0.05, 0.1) is 0 Å². The summed E-state index contributed by atoms with van der Waals surface area (Å²) >= 11 is 0. The molecule has 4 saturated carbocycles. The summed E-state index contributed by atoms with van der Waals surface area (Å²) in [5, 5.41) is 13.1. The zero-order chi connectivity index (χ0) is 18.6. The van der Waals surface area contributed by atoms with Crippen LogP contribution in [0, 0.1) is 36.0 Å². The van der Waals surface area contributed by atoms with E-state index in [1.807, 2.05) is 37.3 Å². The SMILES string of the molecule is Cc1nc(C(=O)NC23CC4CC(CC(C4)C2)C3)c(C#N)n1-c1ccccc1. The van der Waals surface area contributed by atoms with Crippen molar-refractivity contribution in [2.75, 3.05) is 0 Å². The normalized spacial score (nSPS) is 30.9. The number of para-hydroxylation sites is 1. The van der Waals surface area contributed by atoms with Gasteiger partial charge in [0.2, 0.25) is 0 Å². The van der Waals surface area contributed by atoms with Crippen LogP contribution in [0.4, 0.5) is 0 Å². The lowest BCUT2D eigenvalue weighted by Gasteiger charge is -2.56. The molecule has 5 nitrogen and oxygen atoms in total. The Bertz CT molecular complexity index is 902. The van der Waals surface area contributed by atoms with Gasteiger partial charge in [0.15, 0.2) is 11.4 Å². The fourth-order valence-electron chi connectivity index (χ4n) is 6.25. The molecule has 0 aliphatic heterocycles. The summed E-state index contributed by atoms with van der Waals surface area (Å²) < 4.78 is 1.77. The Morgan fingerprint density at radius 1 is 1.15 bits per heavy atom. The van der Waals surface area contributed by atoms with Gasteiger partial charge in [-0.05, 0) is 75.3 Å². The third kappa shape index (κ3) is 2.66. The van der Waals surface area contributed by atoms with Crippen molar-refractivity contribution in [2.24, 2.45) is 17.8 Å². The van der Waals surface area contributed by atoms with Crippen LogP contribution >= 0.6 is 0 Å². The molecule has 0 radical (unpaired) electrons. The molecule has 0 spiro atoms. The van der Waals surface area contributed by atoms with Gasteiger partial charge in [-0.15, -0.1) is 0 Å². The first kappa shape index (κ1) is 16.6. The molecule has 6 rings (SSSR count). The van der Waals surface area contributed by atoms with Crippen LogP contribution in [0.1, 0.15) is 60.5 Å². The molecule has 1 aromatic carbocycles. The summed E-state index contributed by atoms with van der Waals surface area (Å²) in [5.41, 5.74) is 1.35. The highest BCUT2D eigenvalue weighted by atomic mass is 16.2. The molecule has 27 heavy (non-hydrogen) atoms. The molecule has 4 bridgehead atoms. The summed E-state index contributed by atoms with van der Waals surface area (Å²) in [6.07, 6.45) is 7.27. The van der Waals surface area contributed by atoms with E-state index in [-0.39, 0.29) is 17.1 Å². The molecular weight excluding hydrogens is 336 g/mol. The summed E-state index contributed by atoms with van der Waals surface area (Å²) in [5.74, 6) is 2.75. The molecule has 138 valence electrons. The quantitative estimate of drug-likeness (QED) is 0.906. The lowest BCUT2D eigenvalue weighted by molar-refractivity contribution is -0.0167. The molecule has 1 amide bonds. The van der Waals surface area contributed by atoms with Crippen molar-refractivity contribution in [3.63, 3.8) is 0 Å². The van der Waals surface area contributed by atoms with E-state index in [1.54, 1.807) is 4.57 Å². The number of nitrogens with zero attached hydrogens (tertiary/aromatic N) is 3. The van der Waals surface area contributed by atoms with Crippen molar-refractivity contribution >= 4 is 5.91 Å². The van der Waals surface area contributed by atoms with Crippen molar-refractivity contribution in [2.45, 2.75) is 51.0 Å². The highest BCUT2D eigenvalue weighted by Crippen LogP contribution is 2.55. The summed E-state index contributed by atoms with van der Waals surface area (Å²) in [6, 6.07) is 11.8. The van der Waals surface area contributed by atoms with Gasteiger partial charge >= 0.3 is 0 Å².